The molecule has 78 valence electrons. The molecule has 0 radical (unpaired) electrons. The lowest BCUT2D eigenvalue weighted by molar-refractivity contribution is 0.250. The van der Waals surface area contributed by atoms with Gasteiger partial charge < -0.3 is 10.2 Å². The second-order valence-electron chi connectivity index (χ2n) is 3.40. The zero-order valence-corrected chi connectivity index (χ0v) is 9.13. The van der Waals surface area contributed by atoms with E-state index in [2.05, 4.69) is 0 Å². The number of hydrogen-bond acceptors (Lipinski definition) is 3. The minimum atomic E-state index is 0.0873. The standard InChI is InChI=1S/C11H16O2S/c1-9(6-12)8-14-11-4-2-3-10(5-11)7-13/h2-5,9,12-13H,6-8H2,1H3. The lowest BCUT2D eigenvalue weighted by Crippen LogP contribution is -2.03. The molecule has 1 aromatic rings. The van der Waals surface area contributed by atoms with Crippen LogP contribution in [0.15, 0.2) is 29.2 Å². The van der Waals surface area contributed by atoms with Crippen molar-refractivity contribution in [3.05, 3.63) is 29.8 Å². The van der Waals surface area contributed by atoms with Gasteiger partial charge in [-0.1, -0.05) is 19.1 Å². The fraction of sp³-hybridized carbons (Fsp3) is 0.455. The molecule has 0 saturated carbocycles. The van der Waals surface area contributed by atoms with Crippen LogP contribution in [-0.4, -0.2) is 22.6 Å². The second kappa shape index (κ2) is 6.06. The number of aliphatic hydroxyl groups is 2. The van der Waals surface area contributed by atoms with Gasteiger partial charge in [0.05, 0.1) is 6.61 Å². The Morgan fingerprint density at radius 3 is 2.79 bits per heavy atom. The zero-order valence-electron chi connectivity index (χ0n) is 8.31. The average molecular weight is 212 g/mol. The van der Waals surface area contributed by atoms with Crippen LogP contribution in [0.1, 0.15) is 12.5 Å². The highest BCUT2D eigenvalue weighted by molar-refractivity contribution is 7.99. The summed E-state index contributed by atoms with van der Waals surface area (Å²) in [7, 11) is 0. The Hall–Kier alpha value is -0.510. The minimum Gasteiger partial charge on any atom is -0.396 e. The summed E-state index contributed by atoms with van der Waals surface area (Å²) >= 11 is 1.71. The van der Waals surface area contributed by atoms with Gasteiger partial charge in [-0.3, -0.25) is 0 Å². The van der Waals surface area contributed by atoms with Crippen molar-refractivity contribution in [2.45, 2.75) is 18.4 Å². The SMILES string of the molecule is CC(CO)CSc1cccc(CO)c1. The van der Waals surface area contributed by atoms with Crippen molar-refractivity contribution < 1.29 is 10.2 Å². The molecule has 2 nitrogen and oxygen atoms in total. The molecule has 0 bridgehead atoms. The van der Waals surface area contributed by atoms with E-state index in [-0.39, 0.29) is 13.2 Å². The molecule has 0 heterocycles. The van der Waals surface area contributed by atoms with Crippen LogP contribution in [0, 0.1) is 5.92 Å². The summed E-state index contributed by atoms with van der Waals surface area (Å²) in [6.07, 6.45) is 0. The number of rotatable bonds is 5. The third kappa shape index (κ3) is 3.70. The summed E-state index contributed by atoms with van der Waals surface area (Å²) in [4.78, 5) is 1.15. The van der Waals surface area contributed by atoms with E-state index in [0.29, 0.717) is 5.92 Å². The lowest BCUT2D eigenvalue weighted by atomic mass is 10.2. The van der Waals surface area contributed by atoms with Crippen molar-refractivity contribution in [3.63, 3.8) is 0 Å². The van der Waals surface area contributed by atoms with E-state index in [1.165, 1.54) is 0 Å². The van der Waals surface area contributed by atoms with Crippen LogP contribution in [0.5, 0.6) is 0 Å². The van der Waals surface area contributed by atoms with Crippen LogP contribution in [0.3, 0.4) is 0 Å². The molecule has 1 unspecified atom stereocenters. The van der Waals surface area contributed by atoms with Crippen molar-refractivity contribution in [2.75, 3.05) is 12.4 Å². The second-order valence-corrected chi connectivity index (χ2v) is 4.50. The molecular weight excluding hydrogens is 196 g/mol. The Kier molecular flexibility index (Phi) is 5.01. The van der Waals surface area contributed by atoms with Gasteiger partial charge in [-0.2, -0.15) is 0 Å². The molecule has 0 aromatic heterocycles. The molecule has 1 rings (SSSR count). The first-order chi connectivity index (χ1) is 6.76. The smallest absolute Gasteiger partial charge is 0.0682 e. The minimum absolute atomic E-state index is 0.0873. The maximum absolute atomic E-state index is 8.94. The van der Waals surface area contributed by atoms with Gasteiger partial charge in [0.25, 0.3) is 0 Å². The molecule has 0 fully saturated rings. The van der Waals surface area contributed by atoms with Crippen LogP contribution in [-0.2, 0) is 6.61 Å². The molecule has 0 aliphatic carbocycles. The number of aliphatic hydroxyl groups excluding tert-OH is 2. The molecule has 0 aliphatic heterocycles. The number of benzene rings is 1. The first-order valence-electron chi connectivity index (χ1n) is 4.69. The predicted molar refractivity (Wildman–Crippen MR) is 59.3 cm³/mol. The van der Waals surface area contributed by atoms with Crippen LogP contribution in [0.4, 0.5) is 0 Å². The number of thioether (sulfide) groups is 1. The van der Waals surface area contributed by atoms with Crippen molar-refractivity contribution >= 4 is 11.8 Å². The van der Waals surface area contributed by atoms with E-state index in [9.17, 15) is 0 Å². The Balaban J connectivity index is 2.50. The van der Waals surface area contributed by atoms with Gasteiger partial charge in [0.1, 0.15) is 0 Å². The third-order valence-corrected chi connectivity index (χ3v) is 3.25. The summed E-state index contributed by atoms with van der Waals surface area (Å²) in [6, 6.07) is 7.85. The summed E-state index contributed by atoms with van der Waals surface area (Å²) in [5, 5.41) is 17.8. The monoisotopic (exact) mass is 212 g/mol. The highest BCUT2D eigenvalue weighted by atomic mass is 32.2. The van der Waals surface area contributed by atoms with Crippen LogP contribution < -0.4 is 0 Å². The van der Waals surface area contributed by atoms with E-state index in [1.807, 2.05) is 31.2 Å². The van der Waals surface area contributed by atoms with E-state index >= 15 is 0 Å². The lowest BCUT2D eigenvalue weighted by Gasteiger charge is -2.07. The Morgan fingerprint density at radius 1 is 1.36 bits per heavy atom. The molecule has 1 aromatic carbocycles. The van der Waals surface area contributed by atoms with Gasteiger partial charge >= 0.3 is 0 Å². The fourth-order valence-electron chi connectivity index (χ4n) is 1.02. The third-order valence-electron chi connectivity index (χ3n) is 1.93. The summed E-state index contributed by atoms with van der Waals surface area (Å²) in [5.74, 6) is 1.23. The van der Waals surface area contributed by atoms with E-state index in [0.717, 1.165) is 16.2 Å². The molecule has 0 amide bonds. The molecule has 0 spiro atoms. The van der Waals surface area contributed by atoms with Crippen molar-refractivity contribution in [1.82, 2.24) is 0 Å². The Bertz CT molecular complexity index is 276. The van der Waals surface area contributed by atoms with Gasteiger partial charge in [0, 0.05) is 17.3 Å². The van der Waals surface area contributed by atoms with E-state index in [1.54, 1.807) is 11.8 Å². The average Bonchev–Trinajstić information content (AvgIpc) is 2.26. The highest BCUT2D eigenvalue weighted by Gasteiger charge is 2.01. The maximum atomic E-state index is 8.94. The molecule has 14 heavy (non-hydrogen) atoms. The van der Waals surface area contributed by atoms with Crippen LogP contribution in [0.2, 0.25) is 0 Å². The van der Waals surface area contributed by atoms with Crippen LogP contribution in [0.25, 0.3) is 0 Å². The molecule has 3 heteroatoms. The molecular formula is C11H16O2S. The maximum Gasteiger partial charge on any atom is 0.0682 e. The zero-order chi connectivity index (χ0) is 10.4. The van der Waals surface area contributed by atoms with Gasteiger partial charge in [0.15, 0.2) is 0 Å². The van der Waals surface area contributed by atoms with E-state index in [4.69, 9.17) is 10.2 Å². The largest absolute Gasteiger partial charge is 0.396 e. The molecule has 1 atom stereocenters. The molecule has 2 N–H and O–H groups in total. The first kappa shape index (κ1) is 11.6. The normalized spacial score (nSPS) is 12.8. The molecule has 0 aliphatic rings. The fourth-order valence-corrected chi connectivity index (χ4v) is 2.02. The van der Waals surface area contributed by atoms with Crippen LogP contribution >= 0.6 is 11.8 Å². The number of hydrogen-bond donors (Lipinski definition) is 2. The van der Waals surface area contributed by atoms with Crippen molar-refractivity contribution in [1.29, 1.82) is 0 Å². The summed E-state index contributed by atoms with van der Waals surface area (Å²) in [6.45, 7) is 2.33. The van der Waals surface area contributed by atoms with Gasteiger partial charge in [-0.05, 0) is 23.6 Å². The quantitative estimate of drug-likeness (QED) is 0.732. The summed E-state index contributed by atoms with van der Waals surface area (Å²) < 4.78 is 0. The predicted octanol–water partition coefficient (Wildman–Crippen LogP) is 1.90. The highest BCUT2D eigenvalue weighted by Crippen LogP contribution is 2.21. The van der Waals surface area contributed by atoms with Gasteiger partial charge in [-0.15, -0.1) is 11.8 Å². The Morgan fingerprint density at radius 2 is 2.14 bits per heavy atom. The Labute approximate surface area is 89.0 Å². The van der Waals surface area contributed by atoms with E-state index < -0.39 is 0 Å². The first-order valence-corrected chi connectivity index (χ1v) is 5.68. The topological polar surface area (TPSA) is 40.5 Å². The van der Waals surface area contributed by atoms with Crippen molar-refractivity contribution in [2.24, 2.45) is 5.92 Å². The van der Waals surface area contributed by atoms with Crippen molar-refractivity contribution in [3.8, 4) is 0 Å². The van der Waals surface area contributed by atoms with Gasteiger partial charge in [0.2, 0.25) is 0 Å². The molecule has 0 saturated heterocycles. The summed E-state index contributed by atoms with van der Waals surface area (Å²) in [5.41, 5.74) is 0.937. The van der Waals surface area contributed by atoms with Gasteiger partial charge in [-0.25, -0.2) is 0 Å².